The van der Waals surface area contributed by atoms with Crippen LogP contribution in [0.2, 0.25) is 0 Å². The first kappa shape index (κ1) is 16.5. The Labute approximate surface area is 144 Å². The summed E-state index contributed by atoms with van der Waals surface area (Å²) in [4.78, 5) is 24.3. The van der Waals surface area contributed by atoms with E-state index < -0.39 is 11.9 Å². The maximum atomic E-state index is 12.3. The fraction of sp³-hybridized carbons (Fsp3) is 0.100. The van der Waals surface area contributed by atoms with Crippen LogP contribution in [0.5, 0.6) is 11.5 Å². The van der Waals surface area contributed by atoms with E-state index in [4.69, 9.17) is 13.9 Å². The summed E-state index contributed by atoms with van der Waals surface area (Å²) in [6.07, 6.45) is 2.27. The molecule has 0 unspecified atom stereocenters. The van der Waals surface area contributed by atoms with Crippen molar-refractivity contribution in [3.05, 3.63) is 83.8 Å². The Bertz CT molecular complexity index is 863. The van der Waals surface area contributed by atoms with Crippen LogP contribution in [0.1, 0.15) is 33.4 Å². The molecule has 0 aliphatic heterocycles. The van der Waals surface area contributed by atoms with Gasteiger partial charge < -0.3 is 13.9 Å². The standard InChI is InChI=1S/C20H16O5/c1-2-14-9-11-15(12-10-14)19(21)24-16-6-3-4-7-17(16)25-20(22)18-8-5-13-23-18/h3-13H,2H2,1H3. The third kappa shape index (κ3) is 3.95. The molecule has 2 aromatic carbocycles. The number of ether oxygens (including phenoxy) is 2. The minimum Gasteiger partial charge on any atom is -0.457 e. The zero-order valence-corrected chi connectivity index (χ0v) is 13.6. The molecule has 0 saturated carbocycles. The second-order valence-corrected chi connectivity index (χ2v) is 5.25. The van der Waals surface area contributed by atoms with Crippen LogP contribution in [-0.4, -0.2) is 11.9 Å². The fourth-order valence-electron chi connectivity index (χ4n) is 2.20. The molecule has 5 heteroatoms. The van der Waals surface area contributed by atoms with Gasteiger partial charge in [-0.1, -0.05) is 31.2 Å². The van der Waals surface area contributed by atoms with Crippen molar-refractivity contribution in [1.82, 2.24) is 0 Å². The lowest BCUT2D eigenvalue weighted by Gasteiger charge is -2.10. The van der Waals surface area contributed by atoms with Gasteiger partial charge in [-0.05, 0) is 48.4 Å². The molecule has 126 valence electrons. The Kier molecular flexibility index (Phi) is 4.95. The van der Waals surface area contributed by atoms with E-state index in [0.717, 1.165) is 12.0 Å². The van der Waals surface area contributed by atoms with Gasteiger partial charge in [0.1, 0.15) is 0 Å². The summed E-state index contributed by atoms with van der Waals surface area (Å²) < 4.78 is 15.6. The van der Waals surface area contributed by atoms with Crippen LogP contribution in [0.4, 0.5) is 0 Å². The van der Waals surface area contributed by atoms with E-state index in [9.17, 15) is 9.59 Å². The number of rotatable bonds is 5. The monoisotopic (exact) mass is 336 g/mol. The maximum Gasteiger partial charge on any atom is 0.379 e. The highest BCUT2D eigenvalue weighted by Crippen LogP contribution is 2.28. The van der Waals surface area contributed by atoms with Crippen molar-refractivity contribution in [3.63, 3.8) is 0 Å². The normalized spacial score (nSPS) is 10.3. The van der Waals surface area contributed by atoms with E-state index in [1.54, 1.807) is 42.5 Å². The molecule has 0 saturated heterocycles. The van der Waals surface area contributed by atoms with E-state index in [0.29, 0.717) is 5.56 Å². The third-order valence-corrected chi connectivity index (χ3v) is 3.57. The van der Waals surface area contributed by atoms with E-state index in [-0.39, 0.29) is 17.3 Å². The van der Waals surface area contributed by atoms with Crippen LogP contribution in [-0.2, 0) is 6.42 Å². The van der Waals surface area contributed by atoms with Gasteiger partial charge >= 0.3 is 11.9 Å². The molecule has 0 N–H and O–H groups in total. The average molecular weight is 336 g/mol. The minimum absolute atomic E-state index is 0.0660. The van der Waals surface area contributed by atoms with Crippen molar-refractivity contribution in [1.29, 1.82) is 0 Å². The lowest BCUT2D eigenvalue weighted by molar-refractivity contribution is 0.0663. The van der Waals surface area contributed by atoms with Gasteiger partial charge in [-0.2, -0.15) is 0 Å². The lowest BCUT2D eigenvalue weighted by atomic mass is 10.1. The predicted molar refractivity (Wildman–Crippen MR) is 90.9 cm³/mol. The summed E-state index contributed by atoms with van der Waals surface area (Å²) in [6.45, 7) is 2.04. The molecular formula is C20H16O5. The first-order valence-corrected chi connectivity index (χ1v) is 7.83. The maximum absolute atomic E-state index is 12.3. The van der Waals surface area contributed by atoms with Gasteiger partial charge in [0.05, 0.1) is 11.8 Å². The molecule has 3 rings (SSSR count). The Morgan fingerprint density at radius 2 is 1.48 bits per heavy atom. The molecule has 1 heterocycles. The second kappa shape index (κ2) is 7.49. The minimum atomic E-state index is -0.666. The number of carbonyl (C=O) groups is 2. The molecule has 5 nitrogen and oxygen atoms in total. The zero-order chi connectivity index (χ0) is 17.6. The van der Waals surface area contributed by atoms with Gasteiger partial charge in [-0.25, -0.2) is 9.59 Å². The molecule has 3 aromatic rings. The molecule has 0 aliphatic rings. The van der Waals surface area contributed by atoms with Crippen molar-refractivity contribution >= 4 is 11.9 Å². The number of carbonyl (C=O) groups excluding carboxylic acids is 2. The molecular weight excluding hydrogens is 320 g/mol. The molecule has 25 heavy (non-hydrogen) atoms. The number of furan rings is 1. The summed E-state index contributed by atoms with van der Waals surface area (Å²) >= 11 is 0. The van der Waals surface area contributed by atoms with Gasteiger partial charge in [0.25, 0.3) is 0 Å². The SMILES string of the molecule is CCc1ccc(C(=O)Oc2ccccc2OC(=O)c2ccco2)cc1. The molecule has 0 aliphatic carbocycles. The van der Waals surface area contributed by atoms with Crippen LogP contribution in [0.15, 0.2) is 71.3 Å². The number of hydrogen-bond donors (Lipinski definition) is 0. The first-order valence-electron chi connectivity index (χ1n) is 7.83. The van der Waals surface area contributed by atoms with Crippen LogP contribution in [0.3, 0.4) is 0 Å². The third-order valence-electron chi connectivity index (χ3n) is 3.57. The molecule has 0 amide bonds. The van der Waals surface area contributed by atoms with Gasteiger partial charge in [0.2, 0.25) is 5.76 Å². The zero-order valence-electron chi connectivity index (χ0n) is 13.6. The summed E-state index contributed by atoms with van der Waals surface area (Å²) in [5.74, 6) is -0.823. The van der Waals surface area contributed by atoms with Crippen LogP contribution < -0.4 is 9.47 Å². The van der Waals surface area contributed by atoms with Gasteiger partial charge in [0.15, 0.2) is 11.5 Å². The van der Waals surface area contributed by atoms with Crippen LogP contribution in [0.25, 0.3) is 0 Å². The van der Waals surface area contributed by atoms with Crippen molar-refractivity contribution < 1.29 is 23.5 Å². The second-order valence-electron chi connectivity index (χ2n) is 5.25. The van der Waals surface area contributed by atoms with Crippen LogP contribution in [0, 0.1) is 0 Å². The summed E-state index contributed by atoms with van der Waals surface area (Å²) in [5.41, 5.74) is 1.55. The van der Waals surface area contributed by atoms with Gasteiger partial charge in [-0.3, -0.25) is 0 Å². The van der Waals surface area contributed by atoms with E-state index in [2.05, 4.69) is 0 Å². The molecule has 0 fully saturated rings. The first-order chi connectivity index (χ1) is 12.2. The average Bonchev–Trinajstić information content (AvgIpc) is 3.18. The summed E-state index contributed by atoms with van der Waals surface area (Å²) in [5, 5.41) is 0. The molecule has 1 aromatic heterocycles. The van der Waals surface area contributed by atoms with Gasteiger partial charge in [0, 0.05) is 0 Å². The number of aryl methyl sites for hydroxylation is 1. The van der Waals surface area contributed by atoms with Crippen LogP contribution >= 0.6 is 0 Å². The summed E-state index contributed by atoms with van der Waals surface area (Å²) in [7, 11) is 0. The summed E-state index contributed by atoms with van der Waals surface area (Å²) in [6, 6.07) is 16.7. The quantitative estimate of drug-likeness (QED) is 0.514. The van der Waals surface area contributed by atoms with Crippen molar-refractivity contribution in [3.8, 4) is 11.5 Å². The number of esters is 2. The van der Waals surface area contributed by atoms with Gasteiger partial charge in [-0.15, -0.1) is 0 Å². The molecule has 0 radical (unpaired) electrons. The highest BCUT2D eigenvalue weighted by Gasteiger charge is 2.17. The highest BCUT2D eigenvalue weighted by molar-refractivity contribution is 5.92. The number of para-hydroxylation sites is 2. The van der Waals surface area contributed by atoms with Crippen molar-refractivity contribution in [2.24, 2.45) is 0 Å². The Balaban J connectivity index is 1.76. The molecule has 0 atom stereocenters. The number of benzene rings is 2. The predicted octanol–water partition coefficient (Wildman–Crippen LogP) is 4.28. The molecule has 0 bridgehead atoms. The topological polar surface area (TPSA) is 65.7 Å². The Hall–Kier alpha value is -3.34. The fourth-order valence-corrected chi connectivity index (χ4v) is 2.20. The van der Waals surface area contributed by atoms with E-state index in [1.165, 1.54) is 12.3 Å². The number of hydrogen-bond acceptors (Lipinski definition) is 5. The van der Waals surface area contributed by atoms with E-state index in [1.807, 2.05) is 19.1 Å². The Morgan fingerprint density at radius 3 is 2.04 bits per heavy atom. The smallest absolute Gasteiger partial charge is 0.379 e. The highest BCUT2D eigenvalue weighted by atomic mass is 16.6. The van der Waals surface area contributed by atoms with E-state index >= 15 is 0 Å². The van der Waals surface area contributed by atoms with Crippen molar-refractivity contribution in [2.45, 2.75) is 13.3 Å². The van der Waals surface area contributed by atoms with Crippen molar-refractivity contribution in [2.75, 3.05) is 0 Å². The Morgan fingerprint density at radius 1 is 0.840 bits per heavy atom. The lowest BCUT2D eigenvalue weighted by Crippen LogP contribution is -2.12. The largest absolute Gasteiger partial charge is 0.457 e. The molecule has 0 spiro atoms.